The van der Waals surface area contributed by atoms with Crippen LogP contribution in [0.3, 0.4) is 0 Å². The van der Waals surface area contributed by atoms with Crippen LogP contribution in [0, 0.1) is 0 Å². The zero-order chi connectivity index (χ0) is 17.8. The number of carbonyl (C=O) groups is 1. The van der Waals surface area contributed by atoms with Crippen molar-refractivity contribution in [3.8, 4) is 5.75 Å². The highest BCUT2D eigenvalue weighted by molar-refractivity contribution is 6.00. The Morgan fingerprint density at radius 2 is 2.24 bits per heavy atom. The first kappa shape index (κ1) is 17.9. The Kier molecular flexibility index (Phi) is 5.68. The van der Waals surface area contributed by atoms with Gasteiger partial charge in [0.05, 0.1) is 17.8 Å². The van der Waals surface area contributed by atoms with Crippen LogP contribution in [0.25, 0.3) is 0 Å². The van der Waals surface area contributed by atoms with Gasteiger partial charge in [-0.05, 0) is 44.5 Å². The van der Waals surface area contributed by atoms with Gasteiger partial charge in [-0.15, -0.1) is 0 Å². The molecule has 1 saturated heterocycles. The molecule has 2 aliphatic rings. The molecule has 25 heavy (non-hydrogen) atoms. The van der Waals surface area contributed by atoms with E-state index in [1.54, 1.807) is 6.07 Å². The first-order valence-electron chi connectivity index (χ1n) is 9.40. The maximum Gasteiger partial charge on any atom is 0.255 e. The van der Waals surface area contributed by atoms with E-state index in [-0.39, 0.29) is 5.91 Å². The van der Waals surface area contributed by atoms with Crippen LogP contribution in [0.5, 0.6) is 5.75 Å². The minimum absolute atomic E-state index is 0.0961. The third-order valence-electron chi connectivity index (χ3n) is 5.22. The Bertz CT molecular complexity index is 620. The molecule has 1 unspecified atom stereocenters. The van der Waals surface area contributed by atoms with E-state index in [0.717, 1.165) is 31.7 Å². The van der Waals surface area contributed by atoms with Gasteiger partial charge < -0.3 is 20.7 Å². The summed E-state index contributed by atoms with van der Waals surface area (Å²) in [6.45, 7) is 6.54. The summed E-state index contributed by atoms with van der Waals surface area (Å²) in [5.74, 6) is 0.552. The molecule has 0 radical (unpaired) electrons. The molecule has 0 saturated carbocycles. The van der Waals surface area contributed by atoms with Gasteiger partial charge in [0.15, 0.2) is 5.75 Å². The van der Waals surface area contributed by atoms with Crippen molar-refractivity contribution in [2.75, 3.05) is 50.5 Å². The SMILES string of the molecule is CCCCN1CCCC1CNC(=O)c1cc(N)cc2c1OCCN2C. The van der Waals surface area contributed by atoms with E-state index in [0.29, 0.717) is 36.2 Å². The van der Waals surface area contributed by atoms with E-state index in [1.807, 2.05) is 13.1 Å². The summed E-state index contributed by atoms with van der Waals surface area (Å²) >= 11 is 0. The van der Waals surface area contributed by atoms with Gasteiger partial charge in [0, 0.05) is 25.3 Å². The molecule has 0 bridgehead atoms. The predicted octanol–water partition coefficient (Wildman–Crippen LogP) is 2.09. The van der Waals surface area contributed by atoms with Crippen molar-refractivity contribution in [2.45, 2.75) is 38.6 Å². The molecule has 1 amide bonds. The molecule has 0 aromatic heterocycles. The number of nitrogen functional groups attached to an aromatic ring is 1. The number of anilines is 2. The smallest absolute Gasteiger partial charge is 0.255 e. The number of amides is 1. The van der Waals surface area contributed by atoms with Crippen LogP contribution in [-0.4, -0.2) is 56.7 Å². The fourth-order valence-electron chi connectivity index (χ4n) is 3.73. The van der Waals surface area contributed by atoms with Crippen molar-refractivity contribution in [1.29, 1.82) is 0 Å². The Labute approximate surface area is 150 Å². The molecule has 6 nitrogen and oxygen atoms in total. The zero-order valence-corrected chi connectivity index (χ0v) is 15.4. The van der Waals surface area contributed by atoms with Crippen molar-refractivity contribution in [1.82, 2.24) is 10.2 Å². The highest BCUT2D eigenvalue weighted by Gasteiger charge is 2.26. The minimum Gasteiger partial charge on any atom is -0.489 e. The number of benzene rings is 1. The van der Waals surface area contributed by atoms with E-state index < -0.39 is 0 Å². The minimum atomic E-state index is -0.0961. The fraction of sp³-hybridized carbons (Fsp3) is 0.632. The molecule has 1 aromatic rings. The fourth-order valence-corrected chi connectivity index (χ4v) is 3.73. The van der Waals surface area contributed by atoms with Crippen molar-refractivity contribution in [3.63, 3.8) is 0 Å². The average Bonchev–Trinajstić information content (AvgIpc) is 3.05. The second-order valence-corrected chi connectivity index (χ2v) is 7.08. The molecule has 0 spiro atoms. The van der Waals surface area contributed by atoms with Crippen molar-refractivity contribution in [3.05, 3.63) is 17.7 Å². The number of hydrogen-bond acceptors (Lipinski definition) is 5. The van der Waals surface area contributed by atoms with Crippen LogP contribution in [0.2, 0.25) is 0 Å². The standard InChI is InChI=1S/C19H30N4O2/c1-3-4-7-23-8-5-6-15(23)13-21-19(24)16-11-14(20)12-17-18(16)25-10-9-22(17)2/h11-12,15H,3-10,13,20H2,1-2H3,(H,21,24). The Balaban J connectivity index is 1.67. The molecule has 3 rings (SSSR count). The van der Waals surface area contributed by atoms with Gasteiger partial charge in [-0.3, -0.25) is 9.69 Å². The normalized spacial score (nSPS) is 20.2. The molecule has 2 aliphatic heterocycles. The van der Waals surface area contributed by atoms with Crippen molar-refractivity contribution >= 4 is 17.3 Å². The number of fused-ring (bicyclic) bond motifs is 1. The summed E-state index contributed by atoms with van der Waals surface area (Å²) in [6.07, 6.45) is 4.79. The second-order valence-electron chi connectivity index (χ2n) is 7.08. The molecule has 138 valence electrons. The first-order chi connectivity index (χ1) is 12.1. The highest BCUT2D eigenvalue weighted by atomic mass is 16.5. The Morgan fingerprint density at radius 1 is 1.40 bits per heavy atom. The van der Waals surface area contributed by atoms with E-state index in [9.17, 15) is 4.79 Å². The van der Waals surface area contributed by atoms with Gasteiger partial charge in [-0.2, -0.15) is 0 Å². The summed E-state index contributed by atoms with van der Waals surface area (Å²) in [7, 11) is 1.99. The lowest BCUT2D eigenvalue weighted by Gasteiger charge is -2.29. The third kappa shape index (κ3) is 4.00. The van der Waals surface area contributed by atoms with Crippen LogP contribution < -0.4 is 20.7 Å². The highest BCUT2D eigenvalue weighted by Crippen LogP contribution is 2.36. The topological polar surface area (TPSA) is 70.8 Å². The second kappa shape index (κ2) is 7.95. The summed E-state index contributed by atoms with van der Waals surface area (Å²) in [6, 6.07) is 4.03. The average molecular weight is 346 g/mol. The van der Waals surface area contributed by atoms with Crippen LogP contribution in [0.4, 0.5) is 11.4 Å². The molecule has 3 N–H and O–H groups in total. The number of nitrogens with zero attached hydrogens (tertiary/aromatic N) is 2. The predicted molar refractivity (Wildman–Crippen MR) is 101 cm³/mol. The van der Waals surface area contributed by atoms with Crippen LogP contribution in [-0.2, 0) is 0 Å². The molecule has 1 fully saturated rings. The van der Waals surface area contributed by atoms with Crippen molar-refractivity contribution in [2.24, 2.45) is 0 Å². The Hall–Kier alpha value is -1.95. The summed E-state index contributed by atoms with van der Waals surface area (Å²) in [5, 5.41) is 3.10. The number of ether oxygens (including phenoxy) is 1. The lowest BCUT2D eigenvalue weighted by Crippen LogP contribution is -2.41. The molecule has 0 aliphatic carbocycles. The van der Waals surface area contributed by atoms with E-state index in [4.69, 9.17) is 10.5 Å². The maximum absolute atomic E-state index is 12.8. The van der Waals surface area contributed by atoms with Gasteiger partial charge in [-0.25, -0.2) is 0 Å². The third-order valence-corrected chi connectivity index (χ3v) is 5.22. The number of likely N-dealkylation sites (tertiary alicyclic amines) is 1. The van der Waals surface area contributed by atoms with Gasteiger partial charge in [0.25, 0.3) is 5.91 Å². The lowest BCUT2D eigenvalue weighted by atomic mass is 10.1. The van der Waals surface area contributed by atoms with Gasteiger partial charge >= 0.3 is 0 Å². The maximum atomic E-state index is 12.8. The van der Waals surface area contributed by atoms with Crippen molar-refractivity contribution < 1.29 is 9.53 Å². The van der Waals surface area contributed by atoms with Gasteiger partial charge in [0.1, 0.15) is 6.61 Å². The summed E-state index contributed by atoms with van der Waals surface area (Å²) < 4.78 is 5.78. The number of hydrogen-bond donors (Lipinski definition) is 2. The summed E-state index contributed by atoms with van der Waals surface area (Å²) in [5.41, 5.74) is 8.03. The molecule has 1 aromatic carbocycles. The number of rotatable bonds is 6. The molecule has 2 heterocycles. The van der Waals surface area contributed by atoms with E-state index >= 15 is 0 Å². The van der Waals surface area contributed by atoms with E-state index in [1.165, 1.54) is 19.3 Å². The van der Waals surface area contributed by atoms with Crippen LogP contribution in [0.1, 0.15) is 43.0 Å². The Morgan fingerprint density at radius 3 is 3.04 bits per heavy atom. The van der Waals surface area contributed by atoms with Crippen LogP contribution in [0.15, 0.2) is 12.1 Å². The monoisotopic (exact) mass is 346 g/mol. The first-order valence-corrected chi connectivity index (χ1v) is 9.40. The van der Waals surface area contributed by atoms with E-state index in [2.05, 4.69) is 22.0 Å². The number of likely N-dealkylation sites (N-methyl/N-ethyl adjacent to an activating group) is 1. The molecule has 6 heteroatoms. The number of unbranched alkanes of at least 4 members (excludes halogenated alkanes) is 1. The quantitative estimate of drug-likeness (QED) is 0.772. The largest absolute Gasteiger partial charge is 0.489 e. The number of nitrogens with two attached hydrogens (primary N) is 1. The summed E-state index contributed by atoms with van der Waals surface area (Å²) in [4.78, 5) is 17.4. The van der Waals surface area contributed by atoms with Crippen LogP contribution >= 0.6 is 0 Å². The van der Waals surface area contributed by atoms with Gasteiger partial charge in [-0.1, -0.05) is 13.3 Å². The lowest BCUT2D eigenvalue weighted by molar-refractivity contribution is 0.0936. The molecule has 1 atom stereocenters. The zero-order valence-electron chi connectivity index (χ0n) is 15.4. The molecular weight excluding hydrogens is 316 g/mol. The number of carbonyl (C=O) groups excluding carboxylic acids is 1. The number of nitrogens with one attached hydrogen (secondary N) is 1. The molecular formula is C19H30N4O2. The van der Waals surface area contributed by atoms with Gasteiger partial charge in [0.2, 0.25) is 0 Å².